The zero-order chi connectivity index (χ0) is 13.1. The van der Waals surface area contributed by atoms with Crippen LogP contribution in [-0.2, 0) is 4.79 Å². The highest BCUT2D eigenvalue weighted by Gasteiger charge is 2.31. The van der Waals surface area contributed by atoms with Crippen LogP contribution in [0.25, 0.3) is 0 Å². The van der Waals surface area contributed by atoms with Crippen LogP contribution in [0.5, 0.6) is 0 Å². The summed E-state index contributed by atoms with van der Waals surface area (Å²) in [5.41, 5.74) is 0. The van der Waals surface area contributed by atoms with E-state index in [-0.39, 0.29) is 11.8 Å². The minimum atomic E-state index is 0.172. The maximum atomic E-state index is 12.4. The minimum Gasteiger partial charge on any atom is -0.353 e. The first kappa shape index (κ1) is 13.9. The van der Waals surface area contributed by atoms with Crippen LogP contribution in [0.1, 0.15) is 52.9 Å². The molecule has 1 amide bonds. The second-order valence-electron chi connectivity index (χ2n) is 6.50. The molecule has 5 atom stereocenters. The molecule has 3 nitrogen and oxygen atoms in total. The number of hydrogen-bond acceptors (Lipinski definition) is 2. The van der Waals surface area contributed by atoms with Crippen LogP contribution in [0.2, 0.25) is 0 Å². The summed E-state index contributed by atoms with van der Waals surface area (Å²) >= 11 is 0. The summed E-state index contributed by atoms with van der Waals surface area (Å²) in [7, 11) is 0. The average molecular weight is 252 g/mol. The number of piperidine rings is 1. The Morgan fingerprint density at radius 1 is 1.17 bits per heavy atom. The van der Waals surface area contributed by atoms with Gasteiger partial charge in [-0.15, -0.1) is 0 Å². The third-order valence-electron chi connectivity index (χ3n) is 4.86. The molecule has 2 rings (SSSR count). The normalized spacial score (nSPS) is 41.4. The lowest BCUT2D eigenvalue weighted by molar-refractivity contribution is -0.128. The van der Waals surface area contributed by atoms with Gasteiger partial charge in [0, 0.05) is 12.1 Å². The van der Waals surface area contributed by atoms with Gasteiger partial charge in [0.1, 0.15) is 0 Å². The van der Waals surface area contributed by atoms with Gasteiger partial charge < -0.3 is 10.6 Å². The van der Waals surface area contributed by atoms with Gasteiger partial charge in [-0.2, -0.15) is 0 Å². The van der Waals surface area contributed by atoms with Crippen molar-refractivity contribution in [2.24, 2.45) is 17.8 Å². The van der Waals surface area contributed by atoms with Gasteiger partial charge in [0.05, 0.1) is 5.92 Å². The third kappa shape index (κ3) is 3.25. The summed E-state index contributed by atoms with van der Waals surface area (Å²) < 4.78 is 0. The molecule has 0 aromatic heterocycles. The van der Waals surface area contributed by atoms with Crippen LogP contribution in [0.4, 0.5) is 0 Å². The summed E-state index contributed by atoms with van der Waals surface area (Å²) in [6.07, 6.45) is 5.83. The van der Waals surface area contributed by atoms with Crippen LogP contribution < -0.4 is 10.6 Å². The van der Waals surface area contributed by atoms with Crippen molar-refractivity contribution >= 4 is 5.91 Å². The fourth-order valence-corrected chi connectivity index (χ4v) is 3.57. The van der Waals surface area contributed by atoms with Crippen molar-refractivity contribution in [2.75, 3.05) is 6.54 Å². The zero-order valence-corrected chi connectivity index (χ0v) is 12.0. The van der Waals surface area contributed by atoms with Crippen LogP contribution in [-0.4, -0.2) is 24.5 Å². The van der Waals surface area contributed by atoms with Gasteiger partial charge in [-0.3, -0.25) is 4.79 Å². The van der Waals surface area contributed by atoms with Crippen molar-refractivity contribution in [2.45, 2.75) is 65.0 Å². The van der Waals surface area contributed by atoms with Gasteiger partial charge in [0.15, 0.2) is 0 Å². The molecule has 104 valence electrons. The molecule has 2 N–H and O–H groups in total. The molecule has 1 aliphatic carbocycles. The number of carbonyl (C=O) groups is 1. The lowest BCUT2D eigenvalue weighted by Crippen LogP contribution is -2.51. The number of hydrogen-bond donors (Lipinski definition) is 2. The second kappa shape index (κ2) is 6.05. The van der Waals surface area contributed by atoms with Crippen molar-refractivity contribution in [1.29, 1.82) is 0 Å². The Labute approximate surface area is 111 Å². The summed E-state index contributed by atoms with van der Waals surface area (Å²) in [5, 5.41) is 6.72. The van der Waals surface area contributed by atoms with E-state index in [9.17, 15) is 4.79 Å². The molecule has 2 aliphatic rings. The molecule has 0 bridgehead atoms. The highest BCUT2D eigenvalue weighted by Crippen LogP contribution is 2.29. The fraction of sp³-hybridized carbons (Fsp3) is 0.933. The van der Waals surface area contributed by atoms with Crippen LogP contribution in [0.3, 0.4) is 0 Å². The topological polar surface area (TPSA) is 41.1 Å². The maximum absolute atomic E-state index is 12.4. The molecule has 0 radical (unpaired) electrons. The Morgan fingerprint density at radius 3 is 2.61 bits per heavy atom. The van der Waals surface area contributed by atoms with Crippen molar-refractivity contribution in [3.63, 3.8) is 0 Å². The molecule has 1 saturated heterocycles. The number of amides is 1. The molecule has 0 spiro atoms. The lowest BCUT2D eigenvalue weighted by atomic mass is 9.79. The molecular formula is C15H28N2O. The second-order valence-corrected chi connectivity index (χ2v) is 6.50. The first-order valence-electron chi connectivity index (χ1n) is 7.61. The SMILES string of the molecule is CC1CCC(NC(=O)C2CCCNC2C)C(C)C1. The quantitative estimate of drug-likeness (QED) is 0.792. The Hall–Kier alpha value is -0.570. The summed E-state index contributed by atoms with van der Waals surface area (Å²) in [5.74, 6) is 1.90. The molecule has 3 heteroatoms. The molecule has 2 fully saturated rings. The van der Waals surface area contributed by atoms with E-state index in [0.717, 1.165) is 31.7 Å². The van der Waals surface area contributed by atoms with Gasteiger partial charge in [-0.1, -0.05) is 13.8 Å². The largest absolute Gasteiger partial charge is 0.353 e. The Morgan fingerprint density at radius 2 is 1.94 bits per heavy atom. The van der Waals surface area contributed by atoms with Crippen LogP contribution >= 0.6 is 0 Å². The van der Waals surface area contributed by atoms with Crippen molar-refractivity contribution < 1.29 is 4.79 Å². The van der Waals surface area contributed by atoms with E-state index < -0.39 is 0 Å². The average Bonchev–Trinajstić information content (AvgIpc) is 2.33. The lowest BCUT2D eigenvalue weighted by Gasteiger charge is -2.36. The zero-order valence-electron chi connectivity index (χ0n) is 12.0. The minimum absolute atomic E-state index is 0.172. The van der Waals surface area contributed by atoms with E-state index in [2.05, 4.69) is 31.4 Å². The number of nitrogens with one attached hydrogen (secondary N) is 2. The van der Waals surface area contributed by atoms with Gasteiger partial charge >= 0.3 is 0 Å². The smallest absolute Gasteiger partial charge is 0.224 e. The Balaban J connectivity index is 1.86. The first-order chi connectivity index (χ1) is 8.58. The van der Waals surface area contributed by atoms with Crippen LogP contribution in [0, 0.1) is 17.8 Å². The molecule has 1 heterocycles. The monoisotopic (exact) mass is 252 g/mol. The number of carbonyl (C=O) groups excluding carboxylic acids is 1. The van der Waals surface area contributed by atoms with E-state index in [4.69, 9.17) is 0 Å². The van der Waals surface area contributed by atoms with Crippen LogP contribution in [0.15, 0.2) is 0 Å². The number of rotatable bonds is 2. The molecular weight excluding hydrogens is 224 g/mol. The summed E-state index contributed by atoms with van der Waals surface area (Å²) in [4.78, 5) is 12.4. The molecule has 1 aliphatic heterocycles. The fourth-order valence-electron chi connectivity index (χ4n) is 3.57. The van der Waals surface area contributed by atoms with Gasteiger partial charge in [-0.05, 0) is 57.4 Å². The molecule has 18 heavy (non-hydrogen) atoms. The first-order valence-corrected chi connectivity index (χ1v) is 7.61. The predicted molar refractivity (Wildman–Crippen MR) is 74.3 cm³/mol. The van der Waals surface area contributed by atoms with E-state index in [0.29, 0.717) is 18.0 Å². The summed E-state index contributed by atoms with van der Waals surface area (Å²) in [6, 6.07) is 0.736. The van der Waals surface area contributed by atoms with Crippen molar-refractivity contribution in [1.82, 2.24) is 10.6 Å². The molecule has 0 aromatic carbocycles. The van der Waals surface area contributed by atoms with Gasteiger partial charge in [0.2, 0.25) is 5.91 Å². The van der Waals surface area contributed by atoms with E-state index in [1.807, 2.05) is 0 Å². The van der Waals surface area contributed by atoms with E-state index >= 15 is 0 Å². The third-order valence-corrected chi connectivity index (χ3v) is 4.86. The van der Waals surface area contributed by atoms with Gasteiger partial charge in [0.25, 0.3) is 0 Å². The highest BCUT2D eigenvalue weighted by molar-refractivity contribution is 5.79. The van der Waals surface area contributed by atoms with Crippen molar-refractivity contribution in [3.05, 3.63) is 0 Å². The predicted octanol–water partition coefficient (Wildman–Crippen LogP) is 2.32. The van der Waals surface area contributed by atoms with E-state index in [1.165, 1.54) is 12.8 Å². The Kier molecular flexibility index (Phi) is 4.66. The maximum Gasteiger partial charge on any atom is 0.224 e. The molecule has 5 unspecified atom stereocenters. The molecule has 1 saturated carbocycles. The summed E-state index contributed by atoms with van der Waals surface area (Å²) in [6.45, 7) is 7.79. The highest BCUT2D eigenvalue weighted by atomic mass is 16.2. The Bertz CT molecular complexity index is 292. The van der Waals surface area contributed by atoms with Gasteiger partial charge in [-0.25, -0.2) is 0 Å². The standard InChI is InChI=1S/C15H28N2O/c1-10-6-7-14(11(2)9-10)17-15(18)13-5-4-8-16-12(13)3/h10-14,16H,4-9H2,1-3H3,(H,17,18). The van der Waals surface area contributed by atoms with E-state index in [1.54, 1.807) is 0 Å². The molecule has 0 aromatic rings. The van der Waals surface area contributed by atoms with Crippen molar-refractivity contribution in [3.8, 4) is 0 Å².